The second-order valence-electron chi connectivity index (χ2n) is 3.74. The van der Waals surface area contributed by atoms with E-state index in [1.165, 1.54) is 12.1 Å². The Kier molecular flexibility index (Phi) is 3.07. The van der Waals surface area contributed by atoms with Crippen LogP contribution >= 0.6 is 0 Å². The fourth-order valence-corrected chi connectivity index (χ4v) is 1.72. The summed E-state index contributed by atoms with van der Waals surface area (Å²) in [5.41, 5.74) is -0.217. The third kappa shape index (κ3) is 2.35. The summed E-state index contributed by atoms with van der Waals surface area (Å²) in [6, 6.07) is 13.6. The van der Waals surface area contributed by atoms with Crippen molar-refractivity contribution in [3.8, 4) is 17.2 Å². The van der Waals surface area contributed by atoms with E-state index in [4.69, 9.17) is 5.26 Å². The Morgan fingerprint density at radius 3 is 2.17 bits per heavy atom. The number of hydrogen-bond donors (Lipinski definition) is 0. The molecular weight excluding hydrogens is 239 g/mol. The quantitative estimate of drug-likeness (QED) is 0.739. The summed E-state index contributed by atoms with van der Waals surface area (Å²) in [5, 5.41) is 8.67. The standard InChI is InChI=1S/C14H8F3N/c15-14(16,17)13-8-10(9-18)6-7-12(13)11-4-2-1-3-5-11/h1-8H. The van der Waals surface area contributed by atoms with Gasteiger partial charge in [-0.25, -0.2) is 0 Å². The molecule has 0 aromatic heterocycles. The molecule has 0 amide bonds. The lowest BCUT2D eigenvalue weighted by Gasteiger charge is -2.13. The van der Waals surface area contributed by atoms with Gasteiger partial charge in [-0.1, -0.05) is 36.4 Å². The van der Waals surface area contributed by atoms with Crippen molar-refractivity contribution in [3.63, 3.8) is 0 Å². The van der Waals surface area contributed by atoms with Crippen LogP contribution in [0.25, 0.3) is 11.1 Å². The van der Waals surface area contributed by atoms with Gasteiger partial charge in [-0.2, -0.15) is 18.4 Å². The van der Waals surface area contributed by atoms with Gasteiger partial charge >= 0.3 is 6.18 Å². The van der Waals surface area contributed by atoms with E-state index in [0.717, 1.165) is 6.07 Å². The molecule has 2 aromatic rings. The first-order valence-corrected chi connectivity index (χ1v) is 5.19. The van der Waals surface area contributed by atoms with Gasteiger partial charge < -0.3 is 0 Å². The molecule has 0 radical (unpaired) electrons. The molecule has 4 heteroatoms. The van der Waals surface area contributed by atoms with E-state index >= 15 is 0 Å². The first-order valence-electron chi connectivity index (χ1n) is 5.19. The number of halogens is 3. The van der Waals surface area contributed by atoms with Crippen molar-refractivity contribution in [2.24, 2.45) is 0 Å². The minimum Gasteiger partial charge on any atom is -0.192 e. The van der Waals surface area contributed by atoms with Crippen molar-refractivity contribution in [1.29, 1.82) is 5.26 Å². The van der Waals surface area contributed by atoms with Crippen molar-refractivity contribution in [3.05, 3.63) is 59.7 Å². The Balaban J connectivity index is 2.65. The van der Waals surface area contributed by atoms with Gasteiger partial charge in [0.05, 0.1) is 17.2 Å². The summed E-state index contributed by atoms with van der Waals surface area (Å²) in [6.45, 7) is 0. The molecule has 0 aliphatic rings. The van der Waals surface area contributed by atoms with Crippen molar-refractivity contribution >= 4 is 0 Å². The number of benzene rings is 2. The predicted molar refractivity (Wildman–Crippen MR) is 61.6 cm³/mol. The van der Waals surface area contributed by atoms with Gasteiger partial charge in [0.25, 0.3) is 0 Å². The van der Waals surface area contributed by atoms with Crippen LogP contribution in [0.2, 0.25) is 0 Å². The predicted octanol–water partition coefficient (Wildman–Crippen LogP) is 4.24. The van der Waals surface area contributed by atoms with Gasteiger partial charge in [0.2, 0.25) is 0 Å². The summed E-state index contributed by atoms with van der Waals surface area (Å²) in [7, 11) is 0. The molecule has 0 aliphatic carbocycles. The lowest BCUT2D eigenvalue weighted by Crippen LogP contribution is -2.07. The normalized spacial score (nSPS) is 11.0. The molecule has 90 valence electrons. The van der Waals surface area contributed by atoms with Crippen LogP contribution in [0, 0.1) is 11.3 Å². The van der Waals surface area contributed by atoms with E-state index in [1.807, 2.05) is 0 Å². The molecule has 0 aliphatic heterocycles. The SMILES string of the molecule is N#Cc1ccc(-c2ccccc2)c(C(F)(F)F)c1. The van der Waals surface area contributed by atoms with E-state index in [1.54, 1.807) is 36.4 Å². The molecule has 2 aromatic carbocycles. The fourth-order valence-electron chi connectivity index (χ4n) is 1.72. The van der Waals surface area contributed by atoms with Crippen LogP contribution in [0.1, 0.15) is 11.1 Å². The maximum Gasteiger partial charge on any atom is 0.417 e. The molecule has 2 rings (SSSR count). The molecule has 0 saturated heterocycles. The minimum absolute atomic E-state index is 0.00186. The van der Waals surface area contributed by atoms with E-state index in [9.17, 15) is 13.2 Å². The Bertz CT molecular complexity index is 595. The van der Waals surface area contributed by atoms with Crippen molar-refractivity contribution in [1.82, 2.24) is 0 Å². The summed E-state index contributed by atoms with van der Waals surface area (Å²) in [4.78, 5) is 0. The molecule has 0 unspecified atom stereocenters. The maximum atomic E-state index is 12.9. The number of alkyl halides is 3. The van der Waals surface area contributed by atoms with E-state index in [0.29, 0.717) is 5.56 Å². The highest BCUT2D eigenvalue weighted by Gasteiger charge is 2.33. The van der Waals surface area contributed by atoms with E-state index < -0.39 is 11.7 Å². The summed E-state index contributed by atoms with van der Waals surface area (Å²) >= 11 is 0. The van der Waals surface area contributed by atoms with Crippen molar-refractivity contribution in [2.75, 3.05) is 0 Å². The average molecular weight is 247 g/mol. The Labute approximate surface area is 102 Å². The van der Waals surface area contributed by atoms with Gasteiger partial charge in [-0.15, -0.1) is 0 Å². The van der Waals surface area contributed by atoms with Gasteiger partial charge in [0.15, 0.2) is 0 Å². The summed E-state index contributed by atoms with van der Waals surface area (Å²) in [6.07, 6.45) is -4.47. The van der Waals surface area contributed by atoms with Gasteiger partial charge in [0.1, 0.15) is 0 Å². The van der Waals surface area contributed by atoms with Crippen molar-refractivity contribution < 1.29 is 13.2 Å². The van der Waals surface area contributed by atoms with Crippen molar-refractivity contribution in [2.45, 2.75) is 6.18 Å². The largest absolute Gasteiger partial charge is 0.417 e. The molecule has 0 fully saturated rings. The Morgan fingerprint density at radius 1 is 0.944 bits per heavy atom. The molecule has 0 heterocycles. The molecule has 1 nitrogen and oxygen atoms in total. The van der Waals surface area contributed by atoms with E-state index in [2.05, 4.69) is 0 Å². The number of rotatable bonds is 1. The van der Waals surface area contributed by atoms with Gasteiger partial charge in [-0.3, -0.25) is 0 Å². The Hall–Kier alpha value is -2.28. The topological polar surface area (TPSA) is 23.8 Å². The van der Waals surface area contributed by atoms with Crippen LogP contribution in [0.4, 0.5) is 13.2 Å². The zero-order valence-electron chi connectivity index (χ0n) is 9.20. The lowest BCUT2D eigenvalue weighted by molar-refractivity contribution is -0.137. The zero-order chi connectivity index (χ0) is 13.2. The van der Waals surface area contributed by atoms with Crippen LogP contribution in [-0.4, -0.2) is 0 Å². The Morgan fingerprint density at radius 2 is 1.61 bits per heavy atom. The first-order chi connectivity index (χ1) is 8.52. The highest BCUT2D eigenvalue weighted by atomic mass is 19.4. The lowest BCUT2D eigenvalue weighted by atomic mass is 9.97. The van der Waals surface area contributed by atoms with Crippen LogP contribution in [0.3, 0.4) is 0 Å². The summed E-state index contributed by atoms with van der Waals surface area (Å²) < 4.78 is 38.8. The third-order valence-electron chi connectivity index (χ3n) is 2.54. The minimum atomic E-state index is -4.47. The van der Waals surface area contributed by atoms with Gasteiger partial charge in [-0.05, 0) is 23.3 Å². The third-order valence-corrected chi connectivity index (χ3v) is 2.54. The number of hydrogen-bond acceptors (Lipinski definition) is 1. The monoisotopic (exact) mass is 247 g/mol. The highest BCUT2D eigenvalue weighted by molar-refractivity contribution is 5.69. The highest BCUT2D eigenvalue weighted by Crippen LogP contribution is 2.37. The van der Waals surface area contributed by atoms with Crippen LogP contribution in [0.5, 0.6) is 0 Å². The molecule has 0 N–H and O–H groups in total. The van der Waals surface area contributed by atoms with E-state index in [-0.39, 0.29) is 11.1 Å². The first kappa shape index (κ1) is 12.2. The zero-order valence-corrected chi connectivity index (χ0v) is 9.20. The maximum absolute atomic E-state index is 12.9. The number of nitriles is 1. The smallest absolute Gasteiger partial charge is 0.192 e. The second-order valence-corrected chi connectivity index (χ2v) is 3.74. The average Bonchev–Trinajstić information content (AvgIpc) is 2.38. The molecule has 18 heavy (non-hydrogen) atoms. The molecule has 0 atom stereocenters. The molecule has 0 saturated carbocycles. The second kappa shape index (κ2) is 4.53. The molecular formula is C14H8F3N. The summed E-state index contributed by atoms with van der Waals surface area (Å²) in [5.74, 6) is 0. The number of nitrogens with zero attached hydrogens (tertiary/aromatic N) is 1. The van der Waals surface area contributed by atoms with Crippen LogP contribution < -0.4 is 0 Å². The van der Waals surface area contributed by atoms with Crippen LogP contribution in [0.15, 0.2) is 48.5 Å². The fraction of sp³-hybridized carbons (Fsp3) is 0.0714. The molecule has 0 spiro atoms. The molecule has 0 bridgehead atoms. The van der Waals surface area contributed by atoms with Crippen LogP contribution in [-0.2, 0) is 6.18 Å². The van der Waals surface area contributed by atoms with Gasteiger partial charge in [0, 0.05) is 0 Å².